The van der Waals surface area contributed by atoms with Crippen molar-refractivity contribution in [2.45, 2.75) is 0 Å². The van der Waals surface area contributed by atoms with Crippen LogP contribution in [0.5, 0.6) is 0 Å². The van der Waals surface area contributed by atoms with Gasteiger partial charge < -0.3 is 5.32 Å². The molecule has 2 rings (SSSR count). The first kappa shape index (κ1) is 11.1. The molecule has 0 aliphatic heterocycles. The molecule has 0 atom stereocenters. The van der Waals surface area contributed by atoms with E-state index >= 15 is 0 Å². The van der Waals surface area contributed by atoms with E-state index in [4.69, 9.17) is 0 Å². The molecule has 0 aliphatic rings. The van der Waals surface area contributed by atoms with Gasteiger partial charge >= 0.3 is 0 Å². The molecule has 4 heteroatoms. The summed E-state index contributed by atoms with van der Waals surface area (Å²) in [5.74, 6) is -0.192. The van der Waals surface area contributed by atoms with Crippen molar-refractivity contribution in [3.05, 3.63) is 57.9 Å². The molecule has 0 spiro atoms. The van der Waals surface area contributed by atoms with Crippen molar-refractivity contribution in [1.82, 2.24) is 4.98 Å². The quantitative estimate of drug-likeness (QED) is 0.863. The van der Waals surface area contributed by atoms with Gasteiger partial charge in [-0.05, 0) is 52.9 Å². The van der Waals surface area contributed by atoms with Gasteiger partial charge in [-0.2, -0.15) is 0 Å². The molecule has 0 fully saturated rings. The standard InChI is InChI=1S/C12H9IN2O/c13-9-4-3-5-10(8-9)15-12(16)11-6-1-2-7-14-11/h1-8H,(H,15,16). The lowest BCUT2D eigenvalue weighted by molar-refractivity contribution is 0.102. The Hall–Kier alpha value is -1.43. The third-order valence-electron chi connectivity index (χ3n) is 1.98. The van der Waals surface area contributed by atoms with Crippen LogP contribution in [-0.4, -0.2) is 10.9 Å². The highest BCUT2D eigenvalue weighted by molar-refractivity contribution is 14.1. The minimum Gasteiger partial charge on any atom is -0.321 e. The second-order valence-corrected chi connectivity index (χ2v) is 4.43. The van der Waals surface area contributed by atoms with Crippen molar-refractivity contribution in [2.24, 2.45) is 0 Å². The lowest BCUT2D eigenvalue weighted by atomic mass is 10.3. The molecule has 1 N–H and O–H groups in total. The van der Waals surface area contributed by atoms with Crippen LogP contribution in [0.4, 0.5) is 5.69 Å². The maximum absolute atomic E-state index is 11.7. The van der Waals surface area contributed by atoms with E-state index < -0.39 is 0 Å². The molecule has 0 radical (unpaired) electrons. The molecule has 3 nitrogen and oxygen atoms in total. The monoisotopic (exact) mass is 324 g/mol. The second-order valence-electron chi connectivity index (χ2n) is 3.18. The molecule has 0 unspecified atom stereocenters. The van der Waals surface area contributed by atoms with Crippen LogP contribution >= 0.6 is 22.6 Å². The van der Waals surface area contributed by atoms with Crippen molar-refractivity contribution in [2.75, 3.05) is 5.32 Å². The molecule has 2 aromatic rings. The van der Waals surface area contributed by atoms with E-state index in [0.29, 0.717) is 5.69 Å². The van der Waals surface area contributed by atoms with E-state index in [9.17, 15) is 4.79 Å². The van der Waals surface area contributed by atoms with Gasteiger partial charge in [-0.25, -0.2) is 0 Å². The van der Waals surface area contributed by atoms with Crippen molar-refractivity contribution in [3.8, 4) is 0 Å². The molecule has 16 heavy (non-hydrogen) atoms. The third kappa shape index (κ3) is 2.79. The summed E-state index contributed by atoms with van der Waals surface area (Å²) in [4.78, 5) is 15.7. The summed E-state index contributed by atoms with van der Waals surface area (Å²) in [6.07, 6.45) is 1.60. The number of nitrogens with zero attached hydrogens (tertiary/aromatic N) is 1. The average Bonchev–Trinajstić information content (AvgIpc) is 2.30. The van der Waals surface area contributed by atoms with E-state index in [1.54, 1.807) is 24.4 Å². The van der Waals surface area contributed by atoms with Crippen molar-refractivity contribution >= 4 is 34.2 Å². The number of nitrogens with one attached hydrogen (secondary N) is 1. The zero-order valence-corrected chi connectivity index (χ0v) is 10.5. The minimum absolute atomic E-state index is 0.192. The topological polar surface area (TPSA) is 42.0 Å². The van der Waals surface area contributed by atoms with E-state index in [1.165, 1.54) is 0 Å². The van der Waals surface area contributed by atoms with Gasteiger partial charge in [0, 0.05) is 15.5 Å². The summed E-state index contributed by atoms with van der Waals surface area (Å²) < 4.78 is 1.08. The smallest absolute Gasteiger partial charge is 0.274 e. The highest BCUT2D eigenvalue weighted by atomic mass is 127. The van der Waals surface area contributed by atoms with Crippen LogP contribution in [-0.2, 0) is 0 Å². The molecule has 0 aliphatic carbocycles. The molecule has 1 amide bonds. The Morgan fingerprint density at radius 2 is 2.06 bits per heavy atom. The summed E-state index contributed by atoms with van der Waals surface area (Å²) >= 11 is 2.20. The van der Waals surface area contributed by atoms with Crippen LogP contribution < -0.4 is 5.32 Å². The largest absolute Gasteiger partial charge is 0.321 e. The Morgan fingerprint density at radius 1 is 1.19 bits per heavy atom. The number of pyridine rings is 1. The fourth-order valence-corrected chi connectivity index (χ4v) is 1.80. The molecular formula is C12H9IN2O. The Morgan fingerprint density at radius 3 is 2.75 bits per heavy atom. The van der Waals surface area contributed by atoms with Gasteiger partial charge in [0.1, 0.15) is 5.69 Å². The van der Waals surface area contributed by atoms with Crippen LogP contribution in [0.15, 0.2) is 48.7 Å². The molecule has 0 saturated heterocycles. The van der Waals surface area contributed by atoms with E-state index in [0.717, 1.165) is 9.26 Å². The normalized spacial score (nSPS) is 9.81. The van der Waals surface area contributed by atoms with Gasteiger partial charge in [-0.3, -0.25) is 9.78 Å². The number of aromatic nitrogens is 1. The second kappa shape index (κ2) is 5.07. The van der Waals surface area contributed by atoms with Gasteiger partial charge in [0.25, 0.3) is 5.91 Å². The first-order valence-electron chi connectivity index (χ1n) is 4.73. The summed E-state index contributed by atoms with van der Waals surface area (Å²) in [5.41, 5.74) is 1.20. The van der Waals surface area contributed by atoms with Gasteiger partial charge in [0.05, 0.1) is 0 Å². The number of hydrogen-bond acceptors (Lipinski definition) is 2. The Kier molecular flexibility index (Phi) is 3.51. The molecule has 0 bridgehead atoms. The van der Waals surface area contributed by atoms with Crippen LogP contribution in [0.2, 0.25) is 0 Å². The van der Waals surface area contributed by atoms with Crippen LogP contribution in [0.25, 0.3) is 0 Å². The number of rotatable bonds is 2. The Bertz CT molecular complexity index is 499. The van der Waals surface area contributed by atoms with Crippen molar-refractivity contribution < 1.29 is 4.79 Å². The first-order valence-corrected chi connectivity index (χ1v) is 5.81. The van der Waals surface area contributed by atoms with Crippen LogP contribution in [0, 0.1) is 3.57 Å². The Balaban J connectivity index is 2.14. The average molecular weight is 324 g/mol. The van der Waals surface area contributed by atoms with Gasteiger partial charge in [0.15, 0.2) is 0 Å². The number of halogens is 1. The van der Waals surface area contributed by atoms with Crippen LogP contribution in [0.3, 0.4) is 0 Å². The summed E-state index contributed by atoms with van der Waals surface area (Å²) in [5, 5.41) is 2.79. The van der Waals surface area contributed by atoms with Crippen molar-refractivity contribution in [3.63, 3.8) is 0 Å². The zero-order valence-electron chi connectivity index (χ0n) is 8.35. The summed E-state index contributed by atoms with van der Waals surface area (Å²) in [6, 6.07) is 12.9. The SMILES string of the molecule is O=C(Nc1cccc(I)c1)c1ccccn1. The lowest BCUT2D eigenvalue weighted by Gasteiger charge is -2.04. The Labute approximate surface area is 107 Å². The predicted octanol–water partition coefficient (Wildman–Crippen LogP) is 2.94. The zero-order chi connectivity index (χ0) is 11.4. The maximum Gasteiger partial charge on any atom is 0.274 e. The van der Waals surface area contributed by atoms with Crippen molar-refractivity contribution in [1.29, 1.82) is 0 Å². The highest BCUT2D eigenvalue weighted by Gasteiger charge is 2.06. The lowest BCUT2D eigenvalue weighted by Crippen LogP contribution is -2.13. The predicted molar refractivity (Wildman–Crippen MR) is 71.3 cm³/mol. The fraction of sp³-hybridized carbons (Fsp3) is 0. The molecule has 80 valence electrons. The van der Waals surface area contributed by atoms with E-state index in [-0.39, 0.29) is 5.91 Å². The number of carbonyl (C=O) groups excluding carboxylic acids is 1. The maximum atomic E-state index is 11.7. The number of amides is 1. The number of anilines is 1. The first-order chi connectivity index (χ1) is 7.75. The highest BCUT2D eigenvalue weighted by Crippen LogP contribution is 2.13. The fourth-order valence-electron chi connectivity index (χ4n) is 1.26. The minimum atomic E-state index is -0.192. The molecule has 1 aromatic heterocycles. The van der Waals surface area contributed by atoms with Crippen LogP contribution in [0.1, 0.15) is 10.5 Å². The molecular weight excluding hydrogens is 315 g/mol. The molecule has 0 saturated carbocycles. The summed E-state index contributed by atoms with van der Waals surface area (Å²) in [6.45, 7) is 0. The van der Waals surface area contributed by atoms with E-state index in [1.807, 2.05) is 24.3 Å². The van der Waals surface area contributed by atoms with E-state index in [2.05, 4.69) is 32.9 Å². The summed E-state index contributed by atoms with van der Waals surface area (Å²) in [7, 11) is 0. The molecule has 1 aromatic carbocycles. The van der Waals surface area contributed by atoms with Gasteiger partial charge in [0.2, 0.25) is 0 Å². The number of carbonyl (C=O) groups is 1. The molecule has 1 heterocycles. The van der Waals surface area contributed by atoms with Gasteiger partial charge in [-0.15, -0.1) is 0 Å². The van der Waals surface area contributed by atoms with Gasteiger partial charge in [-0.1, -0.05) is 12.1 Å². The third-order valence-corrected chi connectivity index (χ3v) is 2.65. The number of benzene rings is 1. The number of hydrogen-bond donors (Lipinski definition) is 1.